The second-order valence-corrected chi connectivity index (χ2v) is 4.03. The van der Waals surface area contributed by atoms with Gasteiger partial charge in [-0.2, -0.15) is 0 Å². The van der Waals surface area contributed by atoms with E-state index in [-0.39, 0.29) is 11.7 Å². The first-order valence-corrected chi connectivity index (χ1v) is 5.57. The molecule has 2 heteroatoms. The molecule has 0 amide bonds. The number of unbranched alkanes of at least 4 members (excludes halogenated alkanes) is 2. The molecule has 2 unspecified atom stereocenters. The zero-order chi connectivity index (χ0) is 9.73. The summed E-state index contributed by atoms with van der Waals surface area (Å²) in [6.07, 6.45) is 6.21. The van der Waals surface area contributed by atoms with Gasteiger partial charge in [-0.1, -0.05) is 33.1 Å². The molecule has 1 N–H and O–H groups in total. The van der Waals surface area contributed by atoms with Gasteiger partial charge in [0.1, 0.15) is 0 Å². The minimum atomic E-state index is -0.238. The minimum Gasteiger partial charge on any atom is -0.390 e. The molecule has 0 aromatic rings. The highest BCUT2D eigenvalue weighted by atomic mass is 16.5. The van der Waals surface area contributed by atoms with Crippen LogP contribution in [0.4, 0.5) is 0 Å². The van der Waals surface area contributed by atoms with Gasteiger partial charge in [0.05, 0.1) is 18.3 Å². The molecular weight excluding hydrogens is 164 g/mol. The standard InChI is InChI=1S/C11H22O2/c1-3-5-6-7-10(12)11(4-2)8-9-13-11/h10,12H,3-9H2,1-2H3. The predicted molar refractivity (Wildman–Crippen MR) is 53.7 cm³/mol. The molecular formula is C11H22O2. The highest BCUT2D eigenvalue weighted by Crippen LogP contribution is 2.35. The van der Waals surface area contributed by atoms with E-state index in [9.17, 15) is 5.11 Å². The molecule has 0 aliphatic carbocycles. The van der Waals surface area contributed by atoms with Gasteiger partial charge in [0.2, 0.25) is 0 Å². The third kappa shape index (κ3) is 2.44. The van der Waals surface area contributed by atoms with Crippen LogP contribution in [0.3, 0.4) is 0 Å². The van der Waals surface area contributed by atoms with Gasteiger partial charge >= 0.3 is 0 Å². The van der Waals surface area contributed by atoms with Crippen molar-refractivity contribution in [3.63, 3.8) is 0 Å². The van der Waals surface area contributed by atoms with Crippen molar-refractivity contribution in [2.75, 3.05) is 6.61 Å². The van der Waals surface area contributed by atoms with E-state index in [2.05, 4.69) is 13.8 Å². The maximum absolute atomic E-state index is 9.92. The second kappa shape index (κ2) is 4.97. The molecule has 1 heterocycles. The van der Waals surface area contributed by atoms with Crippen LogP contribution >= 0.6 is 0 Å². The molecule has 0 radical (unpaired) electrons. The van der Waals surface area contributed by atoms with Crippen LogP contribution in [0, 0.1) is 0 Å². The summed E-state index contributed by atoms with van der Waals surface area (Å²) in [5.74, 6) is 0. The third-order valence-corrected chi connectivity index (χ3v) is 3.20. The van der Waals surface area contributed by atoms with Crippen LogP contribution in [0.1, 0.15) is 52.4 Å². The lowest BCUT2D eigenvalue weighted by Gasteiger charge is -2.45. The average Bonchev–Trinajstić information content (AvgIpc) is 2.04. The summed E-state index contributed by atoms with van der Waals surface area (Å²) in [5, 5.41) is 9.92. The fourth-order valence-electron chi connectivity index (χ4n) is 1.99. The van der Waals surface area contributed by atoms with Crippen molar-refractivity contribution < 1.29 is 9.84 Å². The highest BCUT2D eigenvalue weighted by Gasteiger charge is 2.42. The first kappa shape index (κ1) is 11.0. The van der Waals surface area contributed by atoms with Crippen LogP contribution in [-0.2, 0) is 4.74 Å². The molecule has 0 aromatic heterocycles. The summed E-state index contributed by atoms with van der Waals surface area (Å²) in [6, 6.07) is 0. The Labute approximate surface area is 81.3 Å². The van der Waals surface area contributed by atoms with Gasteiger partial charge in [0, 0.05) is 6.42 Å². The Morgan fingerprint density at radius 3 is 2.46 bits per heavy atom. The Hall–Kier alpha value is -0.0800. The van der Waals surface area contributed by atoms with Crippen molar-refractivity contribution in [1.29, 1.82) is 0 Å². The van der Waals surface area contributed by atoms with Gasteiger partial charge < -0.3 is 9.84 Å². The van der Waals surface area contributed by atoms with Gasteiger partial charge in [0.25, 0.3) is 0 Å². The highest BCUT2D eigenvalue weighted by molar-refractivity contribution is 4.92. The largest absolute Gasteiger partial charge is 0.390 e. The Balaban J connectivity index is 2.24. The number of aliphatic hydroxyl groups excluding tert-OH is 1. The molecule has 1 saturated heterocycles. The van der Waals surface area contributed by atoms with E-state index in [0.717, 1.165) is 32.3 Å². The Bertz CT molecular complexity index is 136. The van der Waals surface area contributed by atoms with E-state index >= 15 is 0 Å². The van der Waals surface area contributed by atoms with Crippen molar-refractivity contribution in [2.45, 2.75) is 64.1 Å². The summed E-state index contributed by atoms with van der Waals surface area (Å²) in [5.41, 5.74) is -0.173. The predicted octanol–water partition coefficient (Wildman–Crippen LogP) is 2.50. The summed E-state index contributed by atoms with van der Waals surface area (Å²) in [6.45, 7) is 5.11. The Morgan fingerprint density at radius 1 is 1.38 bits per heavy atom. The summed E-state index contributed by atoms with van der Waals surface area (Å²) < 4.78 is 5.51. The zero-order valence-corrected chi connectivity index (χ0v) is 8.88. The van der Waals surface area contributed by atoms with Crippen molar-refractivity contribution >= 4 is 0 Å². The van der Waals surface area contributed by atoms with Crippen molar-refractivity contribution in [1.82, 2.24) is 0 Å². The average molecular weight is 186 g/mol. The molecule has 1 fully saturated rings. The number of rotatable bonds is 6. The molecule has 2 nitrogen and oxygen atoms in total. The van der Waals surface area contributed by atoms with E-state index in [1.165, 1.54) is 12.8 Å². The monoisotopic (exact) mass is 186 g/mol. The van der Waals surface area contributed by atoms with Crippen LogP contribution in [0.2, 0.25) is 0 Å². The number of ether oxygens (including phenoxy) is 1. The van der Waals surface area contributed by atoms with E-state index < -0.39 is 0 Å². The molecule has 2 atom stereocenters. The third-order valence-electron chi connectivity index (χ3n) is 3.20. The normalized spacial score (nSPS) is 29.8. The van der Waals surface area contributed by atoms with Gasteiger partial charge in [-0.3, -0.25) is 0 Å². The molecule has 78 valence electrons. The molecule has 1 aliphatic heterocycles. The summed E-state index contributed by atoms with van der Waals surface area (Å²) >= 11 is 0. The fourth-order valence-corrected chi connectivity index (χ4v) is 1.99. The van der Waals surface area contributed by atoms with Gasteiger partial charge in [0.15, 0.2) is 0 Å². The van der Waals surface area contributed by atoms with Crippen molar-refractivity contribution in [3.05, 3.63) is 0 Å². The van der Waals surface area contributed by atoms with E-state index in [1.54, 1.807) is 0 Å². The van der Waals surface area contributed by atoms with E-state index in [0.29, 0.717) is 0 Å². The Kier molecular flexibility index (Phi) is 4.20. The van der Waals surface area contributed by atoms with Crippen LogP contribution in [0.25, 0.3) is 0 Å². The lowest BCUT2D eigenvalue weighted by molar-refractivity contribution is -0.207. The minimum absolute atomic E-state index is 0.173. The first-order chi connectivity index (χ1) is 6.25. The quantitative estimate of drug-likeness (QED) is 0.646. The maximum atomic E-state index is 9.92. The molecule has 13 heavy (non-hydrogen) atoms. The molecule has 0 aromatic carbocycles. The zero-order valence-electron chi connectivity index (χ0n) is 8.88. The topological polar surface area (TPSA) is 29.5 Å². The van der Waals surface area contributed by atoms with E-state index in [4.69, 9.17) is 4.74 Å². The Morgan fingerprint density at radius 2 is 2.08 bits per heavy atom. The number of hydrogen-bond donors (Lipinski definition) is 1. The summed E-state index contributed by atoms with van der Waals surface area (Å²) in [7, 11) is 0. The first-order valence-electron chi connectivity index (χ1n) is 5.57. The second-order valence-electron chi connectivity index (χ2n) is 4.03. The number of aliphatic hydroxyl groups is 1. The van der Waals surface area contributed by atoms with Gasteiger partial charge in [-0.15, -0.1) is 0 Å². The lowest BCUT2D eigenvalue weighted by atomic mass is 9.83. The molecule has 0 spiro atoms. The molecule has 1 rings (SSSR count). The van der Waals surface area contributed by atoms with Gasteiger partial charge in [-0.25, -0.2) is 0 Å². The van der Waals surface area contributed by atoms with Crippen LogP contribution < -0.4 is 0 Å². The lowest BCUT2D eigenvalue weighted by Crippen LogP contribution is -2.52. The van der Waals surface area contributed by atoms with Crippen molar-refractivity contribution in [3.8, 4) is 0 Å². The molecule has 0 bridgehead atoms. The van der Waals surface area contributed by atoms with E-state index in [1.807, 2.05) is 0 Å². The van der Waals surface area contributed by atoms with Gasteiger partial charge in [-0.05, 0) is 12.8 Å². The smallest absolute Gasteiger partial charge is 0.0959 e. The maximum Gasteiger partial charge on any atom is 0.0959 e. The van der Waals surface area contributed by atoms with Crippen molar-refractivity contribution in [2.24, 2.45) is 0 Å². The van der Waals surface area contributed by atoms with Crippen LogP contribution in [0.15, 0.2) is 0 Å². The SMILES string of the molecule is CCCCCC(O)C1(CC)CCO1. The summed E-state index contributed by atoms with van der Waals surface area (Å²) in [4.78, 5) is 0. The molecule has 0 saturated carbocycles. The molecule has 1 aliphatic rings. The number of hydrogen-bond acceptors (Lipinski definition) is 2. The van der Waals surface area contributed by atoms with Crippen LogP contribution in [-0.4, -0.2) is 23.4 Å². The fraction of sp³-hybridized carbons (Fsp3) is 1.00. The van der Waals surface area contributed by atoms with Crippen LogP contribution in [0.5, 0.6) is 0 Å².